The number of aryl methyl sites for hydroxylation is 1. The van der Waals surface area contributed by atoms with E-state index in [-0.39, 0.29) is 5.97 Å². The van der Waals surface area contributed by atoms with Gasteiger partial charge in [-0.3, -0.25) is 0 Å². The Morgan fingerprint density at radius 3 is 2.72 bits per heavy atom. The van der Waals surface area contributed by atoms with Gasteiger partial charge in [-0.1, -0.05) is 0 Å². The third kappa shape index (κ3) is 2.36. The van der Waals surface area contributed by atoms with Crippen molar-refractivity contribution < 1.29 is 9.53 Å². The Kier molecular flexibility index (Phi) is 3.01. The fourth-order valence-corrected chi connectivity index (χ4v) is 3.12. The van der Waals surface area contributed by atoms with Crippen LogP contribution >= 0.6 is 11.3 Å². The zero-order valence-corrected chi connectivity index (χ0v) is 11.6. The van der Waals surface area contributed by atoms with Gasteiger partial charge >= 0.3 is 5.97 Å². The molecule has 0 saturated heterocycles. The Morgan fingerprint density at radius 1 is 1.44 bits per heavy atom. The summed E-state index contributed by atoms with van der Waals surface area (Å²) in [5.41, 5.74) is 0.485. The molecule has 3 rings (SSSR count). The molecule has 0 N–H and O–H groups in total. The number of hydrogen-bond donors (Lipinski definition) is 0. The minimum atomic E-state index is -0.322. The van der Waals surface area contributed by atoms with Crippen molar-refractivity contribution in [3.63, 3.8) is 0 Å². The number of carbonyl (C=O) groups is 1. The largest absolute Gasteiger partial charge is 0.464 e. The van der Waals surface area contributed by atoms with Gasteiger partial charge in [0.05, 0.1) is 7.11 Å². The van der Waals surface area contributed by atoms with Crippen molar-refractivity contribution in [2.24, 2.45) is 5.92 Å². The van der Waals surface area contributed by atoms with Crippen LogP contribution in [0.5, 0.6) is 0 Å². The first-order valence-corrected chi connectivity index (χ1v) is 7.33. The van der Waals surface area contributed by atoms with Crippen molar-refractivity contribution >= 4 is 22.4 Å². The second-order valence-electron chi connectivity index (χ2n) is 5.22. The number of rotatable bonds is 5. The van der Waals surface area contributed by atoms with Crippen LogP contribution in [-0.2, 0) is 4.74 Å². The SMILES string of the molecule is COC(=O)c1nc(N(CC2CC2)C2CC2)sc1C. The highest BCUT2D eigenvalue weighted by Gasteiger charge is 2.35. The van der Waals surface area contributed by atoms with E-state index >= 15 is 0 Å². The van der Waals surface area contributed by atoms with E-state index in [0.717, 1.165) is 22.5 Å². The number of hydrogen-bond acceptors (Lipinski definition) is 5. The van der Waals surface area contributed by atoms with E-state index in [2.05, 4.69) is 9.88 Å². The molecule has 0 amide bonds. The molecule has 2 fully saturated rings. The Balaban J connectivity index is 1.82. The Morgan fingerprint density at radius 2 is 2.17 bits per heavy atom. The van der Waals surface area contributed by atoms with Gasteiger partial charge in [0.1, 0.15) is 0 Å². The van der Waals surface area contributed by atoms with Gasteiger partial charge in [-0.25, -0.2) is 9.78 Å². The van der Waals surface area contributed by atoms with Crippen LogP contribution in [0.3, 0.4) is 0 Å². The van der Waals surface area contributed by atoms with Gasteiger partial charge in [-0.05, 0) is 38.5 Å². The Bertz CT molecular complexity index is 464. The van der Waals surface area contributed by atoms with E-state index < -0.39 is 0 Å². The van der Waals surface area contributed by atoms with Crippen molar-refractivity contribution in [2.75, 3.05) is 18.6 Å². The highest BCUT2D eigenvalue weighted by Crippen LogP contribution is 2.39. The van der Waals surface area contributed by atoms with Gasteiger partial charge in [0.25, 0.3) is 0 Å². The van der Waals surface area contributed by atoms with Crippen LogP contribution in [0, 0.1) is 12.8 Å². The zero-order chi connectivity index (χ0) is 12.7. The zero-order valence-electron chi connectivity index (χ0n) is 10.8. The van der Waals surface area contributed by atoms with Crippen molar-refractivity contribution in [1.82, 2.24) is 4.98 Å². The fraction of sp³-hybridized carbons (Fsp3) is 0.692. The molecule has 0 radical (unpaired) electrons. The Hall–Kier alpha value is -1.10. The number of anilines is 1. The van der Waals surface area contributed by atoms with Crippen LogP contribution in [0.15, 0.2) is 0 Å². The lowest BCUT2D eigenvalue weighted by atomic mass is 10.3. The monoisotopic (exact) mass is 266 g/mol. The number of methoxy groups -OCH3 is 1. The molecule has 18 heavy (non-hydrogen) atoms. The van der Waals surface area contributed by atoms with Crippen LogP contribution in [0.1, 0.15) is 41.0 Å². The molecule has 4 nitrogen and oxygen atoms in total. The van der Waals surface area contributed by atoms with Gasteiger partial charge in [-0.2, -0.15) is 0 Å². The molecule has 5 heteroatoms. The van der Waals surface area contributed by atoms with Crippen LogP contribution in [-0.4, -0.2) is 30.6 Å². The van der Waals surface area contributed by atoms with E-state index in [1.165, 1.54) is 32.8 Å². The summed E-state index contributed by atoms with van der Waals surface area (Å²) in [6.07, 6.45) is 5.21. The van der Waals surface area contributed by atoms with Crippen molar-refractivity contribution in [3.8, 4) is 0 Å². The summed E-state index contributed by atoms with van der Waals surface area (Å²) >= 11 is 1.62. The van der Waals surface area contributed by atoms with Gasteiger partial charge in [0.2, 0.25) is 0 Å². The molecule has 0 spiro atoms. The molecule has 0 unspecified atom stereocenters. The smallest absolute Gasteiger partial charge is 0.357 e. The molecule has 1 aromatic heterocycles. The Labute approximate surface area is 111 Å². The van der Waals surface area contributed by atoms with Crippen molar-refractivity contribution in [1.29, 1.82) is 0 Å². The summed E-state index contributed by atoms with van der Waals surface area (Å²) in [7, 11) is 1.41. The van der Waals surface area contributed by atoms with Crippen molar-refractivity contribution in [2.45, 2.75) is 38.6 Å². The average Bonchev–Trinajstić information content (AvgIpc) is 3.24. The van der Waals surface area contributed by atoms with E-state index in [9.17, 15) is 4.79 Å². The van der Waals surface area contributed by atoms with Crippen LogP contribution in [0.2, 0.25) is 0 Å². The maximum atomic E-state index is 11.6. The first kappa shape index (κ1) is 12.0. The lowest BCUT2D eigenvalue weighted by Gasteiger charge is -2.20. The third-order valence-electron chi connectivity index (χ3n) is 3.55. The molecule has 1 heterocycles. The number of carbonyl (C=O) groups excluding carboxylic acids is 1. The number of aromatic nitrogens is 1. The minimum Gasteiger partial charge on any atom is -0.464 e. The maximum Gasteiger partial charge on any atom is 0.357 e. The molecule has 0 atom stereocenters. The molecule has 0 aromatic carbocycles. The lowest BCUT2D eigenvalue weighted by molar-refractivity contribution is 0.0594. The molecule has 0 aliphatic heterocycles. The molecule has 1 aromatic rings. The molecule has 98 valence electrons. The molecule has 0 bridgehead atoms. The van der Waals surface area contributed by atoms with Gasteiger partial charge in [0.15, 0.2) is 10.8 Å². The molecular weight excluding hydrogens is 248 g/mol. The number of nitrogens with zero attached hydrogens (tertiary/aromatic N) is 2. The van der Waals surface area contributed by atoms with E-state index in [1.807, 2.05) is 6.92 Å². The second kappa shape index (κ2) is 4.53. The number of thiazole rings is 1. The standard InChI is InChI=1S/C13H18N2O2S/c1-8-11(12(16)17-2)14-13(18-8)15(10-5-6-10)7-9-3-4-9/h9-10H,3-7H2,1-2H3. The summed E-state index contributed by atoms with van der Waals surface area (Å²) in [6, 6.07) is 0.654. The summed E-state index contributed by atoms with van der Waals surface area (Å²) in [5, 5.41) is 1.00. The molecule has 2 saturated carbocycles. The summed E-state index contributed by atoms with van der Waals surface area (Å²) in [4.78, 5) is 19.4. The highest BCUT2D eigenvalue weighted by molar-refractivity contribution is 7.15. The number of ether oxygens (including phenoxy) is 1. The maximum absolute atomic E-state index is 11.6. The quantitative estimate of drug-likeness (QED) is 0.768. The number of esters is 1. The van der Waals surface area contributed by atoms with Crippen LogP contribution in [0.25, 0.3) is 0 Å². The summed E-state index contributed by atoms with van der Waals surface area (Å²) in [6.45, 7) is 3.05. The van der Waals surface area contributed by atoms with Crippen LogP contribution < -0.4 is 4.90 Å². The predicted octanol–water partition coefficient (Wildman–Crippen LogP) is 2.62. The lowest BCUT2D eigenvalue weighted by Crippen LogP contribution is -2.28. The first-order chi connectivity index (χ1) is 8.69. The van der Waals surface area contributed by atoms with Gasteiger partial charge in [-0.15, -0.1) is 11.3 Å². The van der Waals surface area contributed by atoms with Crippen LogP contribution in [0.4, 0.5) is 5.13 Å². The third-order valence-corrected chi connectivity index (χ3v) is 4.56. The van der Waals surface area contributed by atoms with Gasteiger partial charge in [0, 0.05) is 17.5 Å². The summed E-state index contributed by atoms with van der Waals surface area (Å²) in [5.74, 6) is 0.522. The molecular formula is C13H18N2O2S. The minimum absolute atomic E-state index is 0.322. The predicted molar refractivity (Wildman–Crippen MR) is 71.3 cm³/mol. The average molecular weight is 266 g/mol. The first-order valence-electron chi connectivity index (χ1n) is 6.51. The van der Waals surface area contributed by atoms with Gasteiger partial charge < -0.3 is 9.64 Å². The van der Waals surface area contributed by atoms with E-state index in [1.54, 1.807) is 11.3 Å². The second-order valence-corrected chi connectivity index (χ2v) is 6.40. The summed E-state index contributed by atoms with van der Waals surface area (Å²) < 4.78 is 4.77. The molecule has 2 aliphatic carbocycles. The topological polar surface area (TPSA) is 42.4 Å². The van der Waals surface area contributed by atoms with E-state index in [4.69, 9.17) is 4.74 Å². The normalized spacial score (nSPS) is 18.8. The molecule has 2 aliphatic rings. The highest BCUT2D eigenvalue weighted by atomic mass is 32.1. The fourth-order valence-electron chi connectivity index (χ4n) is 2.14. The van der Waals surface area contributed by atoms with E-state index in [0.29, 0.717) is 11.7 Å². The van der Waals surface area contributed by atoms with Crippen molar-refractivity contribution in [3.05, 3.63) is 10.6 Å².